The second kappa shape index (κ2) is 15.0. The Kier molecular flexibility index (Phi) is 15.0. The van der Waals surface area contributed by atoms with E-state index in [-0.39, 0.29) is 12.5 Å². The smallest absolute Gasteiger partial charge is 0.416 e. The van der Waals surface area contributed by atoms with E-state index in [4.69, 9.17) is 10.5 Å². The third kappa shape index (κ3) is 10.6. The minimum atomic E-state index is -4.36. The first-order valence-electron chi connectivity index (χ1n) is 8.54. The number of alkyl halides is 3. The summed E-state index contributed by atoms with van der Waals surface area (Å²) >= 11 is 0. The monoisotopic (exact) mass is 373 g/mol. The summed E-state index contributed by atoms with van der Waals surface area (Å²) in [4.78, 5) is 4.05. The van der Waals surface area contributed by atoms with Crippen LogP contribution in [0.2, 0.25) is 0 Å². The molecule has 0 unspecified atom stereocenters. The molecule has 1 aromatic carbocycles. The normalized spacial score (nSPS) is 11.0. The zero-order valence-electron chi connectivity index (χ0n) is 16.2. The molecule has 0 aliphatic rings. The van der Waals surface area contributed by atoms with Crippen molar-refractivity contribution in [3.05, 3.63) is 54.4 Å². The molecule has 148 valence electrons. The van der Waals surface area contributed by atoms with Crippen molar-refractivity contribution in [2.45, 2.75) is 40.8 Å². The minimum Gasteiger partial charge on any atom is -0.475 e. The van der Waals surface area contributed by atoms with Gasteiger partial charge in [-0.15, -0.1) is 0 Å². The standard InChI is InChI=1S/C15H18F3N3O.2C2H6/c1-3-9-20-14(22-10-8-19)11(2)21-13-6-4-12(5-7-13)15(16,17)18;2*1-2/h3-7,9,21H,2,8,10,19H2,1H3;2*1-2H3/b9-3-,20-14?;;. The zero-order valence-corrected chi connectivity index (χ0v) is 16.2. The summed E-state index contributed by atoms with van der Waals surface area (Å²) in [6, 6.07) is 4.59. The van der Waals surface area contributed by atoms with Crippen LogP contribution in [0.15, 0.2) is 53.8 Å². The van der Waals surface area contributed by atoms with Gasteiger partial charge in [-0.05, 0) is 31.2 Å². The molecule has 1 aromatic rings. The molecule has 0 saturated heterocycles. The molecule has 0 atom stereocenters. The Morgan fingerprint density at radius 2 is 1.73 bits per heavy atom. The lowest BCUT2D eigenvalue weighted by Gasteiger charge is -2.13. The summed E-state index contributed by atoms with van der Waals surface area (Å²) < 4.78 is 42.8. The van der Waals surface area contributed by atoms with E-state index in [0.29, 0.717) is 17.9 Å². The number of ether oxygens (including phenoxy) is 1. The number of nitrogens with two attached hydrogens (primary N) is 1. The molecular weight excluding hydrogens is 343 g/mol. The van der Waals surface area contributed by atoms with Gasteiger partial charge in [-0.25, -0.2) is 4.99 Å². The molecule has 3 N–H and O–H groups in total. The summed E-state index contributed by atoms with van der Waals surface area (Å²) in [5.74, 6) is 0.225. The number of rotatable bonds is 6. The van der Waals surface area contributed by atoms with Gasteiger partial charge in [0, 0.05) is 18.4 Å². The van der Waals surface area contributed by atoms with Crippen molar-refractivity contribution in [2.75, 3.05) is 18.5 Å². The van der Waals surface area contributed by atoms with Gasteiger partial charge in [-0.2, -0.15) is 13.2 Å². The van der Waals surface area contributed by atoms with Crippen molar-refractivity contribution >= 4 is 11.6 Å². The van der Waals surface area contributed by atoms with Gasteiger partial charge in [-0.3, -0.25) is 0 Å². The molecule has 0 bridgehead atoms. The maximum atomic E-state index is 12.5. The van der Waals surface area contributed by atoms with Crippen LogP contribution in [0.1, 0.15) is 40.2 Å². The molecule has 0 fully saturated rings. The summed E-state index contributed by atoms with van der Waals surface area (Å²) in [5.41, 5.74) is 5.42. The van der Waals surface area contributed by atoms with E-state index < -0.39 is 11.7 Å². The number of nitrogens with one attached hydrogen (secondary N) is 1. The summed E-state index contributed by atoms with van der Waals surface area (Å²) in [6.07, 6.45) is -1.14. The molecule has 7 heteroatoms. The Labute approximate surface area is 154 Å². The number of halogens is 3. The Hall–Kier alpha value is -2.28. The summed E-state index contributed by atoms with van der Waals surface area (Å²) in [7, 11) is 0. The molecule has 0 aliphatic heterocycles. The van der Waals surface area contributed by atoms with Crippen LogP contribution in [0.25, 0.3) is 0 Å². The number of hydrogen-bond acceptors (Lipinski definition) is 4. The highest BCUT2D eigenvalue weighted by Crippen LogP contribution is 2.30. The third-order valence-corrected chi connectivity index (χ3v) is 2.46. The predicted octanol–water partition coefficient (Wildman–Crippen LogP) is 5.59. The van der Waals surface area contributed by atoms with Crippen LogP contribution in [0.5, 0.6) is 0 Å². The first-order valence-corrected chi connectivity index (χ1v) is 8.54. The lowest BCUT2D eigenvalue weighted by atomic mass is 10.2. The van der Waals surface area contributed by atoms with E-state index in [2.05, 4.69) is 16.9 Å². The van der Waals surface area contributed by atoms with Gasteiger partial charge in [0.05, 0.1) is 11.3 Å². The molecule has 0 spiro atoms. The molecule has 4 nitrogen and oxygen atoms in total. The average Bonchev–Trinajstić information content (AvgIpc) is 2.65. The average molecular weight is 373 g/mol. The van der Waals surface area contributed by atoms with E-state index in [1.807, 2.05) is 27.7 Å². The molecule has 1 rings (SSSR count). The van der Waals surface area contributed by atoms with Crippen LogP contribution >= 0.6 is 0 Å². The second-order valence-electron chi connectivity index (χ2n) is 4.23. The molecule has 0 radical (unpaired) electrons. The van der Waals surface area contributed by atoms with Crippen molar-refractivity contribution < 1.29 is 17.9 Å². The maximum Gasteiger partial charge on any atom is 0.416 e. The van der Waals surface area contributed by atoms with Crippen LogP contribution in [-0.4, -0.2) is 19.0 Å². The minimum absolute atomic E-state index is 0.225. The van der Waals surface area contributed by atoms with Gasteiger partial charge in [-0.1, -0.05) is 40.3 Å². The number of nitrogens with zero attached hydrogens (tertiary/aromatic N) is 1. The lowest BCUT2D eigenvalue weighted by molar-refractivity contribution is -0.137. The Bertz CT molecular complexity index is 550. The van der Waals surface area contributed by atoms with Crippen LogP contribution in [0.3, 0.4) is 0 Å². The first kappa shape index (κ1) is 26.0. The van der Waals surface area contributed by atoms with Crippen molar-refractivity contribution in [3.8, 4) is 0 Å². The fraction of sp³-hybridized carbons (Fsp3) is 0.421. The van der Waals surface area contributed by atoms with E-state index in [0.717, 1.165) is 12.1 Å². The number of anilines is 1. The molecular formula is C19H30F3N3O. The topological polar surface area (TPSA) is 59.6 Å². The third-order valence-electron chi connectivity index (χ3n) is 2.46. The zero-order chi connectivity index (χ0) is 20.6. The molecule has 0 heterocycles. The van der Waals surface area contributed by atoms with Crippen molar-refractivity contribution in [2.24, 2.45) is 10.7 Å². The largest absolute Gasteiger partial charge is 0.475 e. The quantitative estimate of drug-likeness (QED) is 0.505. The lowest BCUT2D eigenvalue weighted by Crippen LogP contribution is -2.18. The van der Waals surface area contributed by atoms with Gasteiger partial charge in [0.15, 0.2) is 0 Å². The fourth-order valence-electron chi connectivity index (χ4n) is 1.47. The summed E-state index contributed by atoms with van der Waals surface area (Å²) in [5, 5.41) is 2.85. The number of benzene rings is 1. The second-order valence-corrected chi connectivity index (χ2v) is 4.23. The molecule has 0 amide bonds. The van der Waals surface area contributed by atoms with Gasteiger partial charge in [0.25, 0.3) is 0 Å². The van der Waals surface area contributed by atoms with Crippen molar-refractivity contribution in [3.63, 3.8) is 0 Å². The van der Waals surface area contributed by atoms with Crippen LogP contribution in [-0.2, 0) is 10.9 Å². The number of allylic oxidation sites excluding steroid dienone is 1. The Balaban J connectivity index is 0. The molecule has 0 aliphatic carbocycles. The Morgan fingerprint density at radius 1 is 1.19 bits per heavy atom. The van der Waals surface area contributed by atoms with Crippen molar-refractivity contribution in [1.29, 1.82) is 0 Å². The number of aliphatic imine (C=N–C) groups is 1. The van der Waals surface area contributed by atoms with Gasteiger partial charge in [0.1, 0.15) is 6.61 Å². The summed E-state index contributed by atoms with van der Waals surface area (Å²) in [6.45, 7) is 14.1. The van der Waals surface area contributed by atoms with Crippen LogP contribution < -0.4 is 11.1 Å². The van der Waals surface area contributed by atoms with E-state index in [1.165, 1.54) is 18.3 Å². The molecule has 0 saturated carbocycles. The number of hydrogen-bond donors (Lipinski definition) is 2. The molecule has 26 heavy (non-hydrogen) atoms. The van der Waals surface area contributed by atoms with Gasteiger partial charge >= 0.3 is 6.18 Å². The van der Waals surface area contributed by atoms with E-state index >= 15 is 0 Å². The molecule has 0 aromatic heterocycles. The first-order chi connectivity index (χ1) is 12.4. The highest BCUT2D eigenvalue weighted by Gasteiger charge is 2.29. The maximum absolute atomic E-state index is 12.5. The predicted molar refractivity (Wildman–Crippen MR) is 104 cm³/mol. The fourth-order valence-corrected chi connectivity index (χ4v) is 1.47. The van der Waals surface area contributed by atoms with E-state index in [9.17, 15) is 13.2 Å². The SMILES string of the molecule is C=C(Nc1ccc(C(F)(F)F)cc1)C(=N/C=C\C)OCCN.CC.CC. The van der Waals surface area contributed by atoms with Gasteiger partial charge in [0.2, 0.25) is 5.90 Å². The van der Waals surface area contributed by atoms with Crippen LogP contribution in [0, 0.1) is 0 Å². The highest BCUT2D eigenvalue weighted by molar-refractivity contribution is 5.96. The highest BCUT2D eigenvalue weighted by atomic mass is 19.4. The van der Waals surface area contributed by atoms with Gasteiger partial charge < -0.3 is 15.8 Å². The Morgan fingerprint density at radius 3 is 2.15 bits per heavy atom. The van der Waals surface area contributed by atoms with Crippen molar-refractivity contribution in [1.82, 2.24) is 0 Å². The van der Waals surface area contributed by atoms with E-state index in [1.54, 1.807) is 13.0 Å². The van der Waals surface area contributed by atoms with Crippen LogP contribution in [0.4, 0.5) is 18.9 Å².